The van der Waals surface area contributed by atoms with Gasteiger partial charge in [0.25, 0.3) is 0 Å². The van der Waals surface area contributed by atoms with Crippen molar-refractivity contribution in [1.29, 1.82) is 0 Å². The Kier molecular flexibility index (Phi) is 17.5. The number of quaternary nitrogens is 1. The summed E-state index contributed by atoms with van der Waals surface area (Å²) >= 11 is 0. The minimum absolute atomic E-state index is 0.0432. The minimum atomic E-state index is -4.24. The lowest BCUT2D eigenvalue weighted by atomic mass is 10.0. The van der Waals surface area contributed by atoms with Gasteiger partial charge in [-0.15, -0.1) is 0 Å². The zero-order valence-electron chi connectivity index (χ0n) is 21.3. The molecule has 0 aliphatic heterocycles. The second-order valence-corrected chi connectivity index (χ2v) is 10.9. The van der Waals surface area contributed by atoms with E-state index < -0.39 is 20.2 Å². The van der Waals surface area contributed by atoms with Gasteiger partial charge in [0.2, 0.25) is 0 Å². The molecule has 0 saturated heterocycles. The summed E-state index contributed by atoms with van der Waals surface area (Å²) in [5.41, 5.74) is 0. The summed E-state index contributed by atoms with van der Waals surface area (Å²) < 4.78 is 34.9. The van der Waals surface area contributed by atoms with E-state index in [4.69, 9.17) is 18.5 Å². The molecule has 0 fully saturated rings. The van der Waals surface area contributed by atoms with Gasteiger partial charge in [-0.3, -0.25) is 9.05 Å². The maximum atomic E-state index is 12.4. The van der Waals surface area contributed by atoms with E-state index in [0.717, 1.165) is 19.3 Å². The van der Waals surface area contributed by atoms with Crippen LogP contribution in [0.15, 0.2) is 0 Å². The smallest absolute Gasteiger partial charge is 0.376 e. The van der Waals surface area contributed by atoms with Crippen molar-refractivity contribution in [3.05, 3.63) is 0 Å². The summed E-state index contributed by atoms with van der Waals surface area (Å²) in [4.78, 5) is 10.1. The quantitative estimate of drug-likeness (QED) is 0.0978. The van der Waals surface area contributed by atoms with Crippen LogP contribution in [0.1, 0.15) is 91.4 Å². The first kappa shape index (κ1) is 31.0. The van der Waals surface area contributed by atoms with Crippen LogP contribution in [-0.2, 0) is 23.1 Å². The first-order valence-electron chi connectivity index (χ1n) is 12.2. The van der Waals surface area contributed by atoms with E-state index >= 15 is 0 Å². The Morgan fingerprint density at radius 2 is 1.48 bits per heavy atom. The number of phosphoric ester groups is 1. The highest BCUT2D eigenvalue weighted by Gasteiger charge is 2.33. The van der Waals surface area contributed by atoms with Crippen LogP contribution >= 0.6 is 7.82 Å². The molecule has 0 aromatic carbocycles. The highest BCUT2D eigenvalue weighted by atomic mass is 31.2. The summed E-state index contributed by atoms with van der Waals surface area (Å²) in [6.07, 6.45) is 11.7. The minimum Gasteiger partial charge on any atom is -0.376 e. The number of methoxy groups -OCH3 is 1. The predicted molar refractivity (Wildman–Crippen MR) is 127 cm³/mol. The molecule has 188 valence electrons. The summed E-state index contributed by atoms with van der Waals surface area (Å²) in [6.45, 7) is 6.79. The molecule has 7 nitrogen and oxygen atoms in total. The summed E-state index contributed by atoms with van der Waals surface area (Å²) in [6, 6.07) is 0. The van der Waals surface area contributed by atoms with E-state index in [1.54, 1.807) is 6.92 Å². The van der Waals surface area contributed by atoms with Crippen molar-refractivity contribution in [1.82, 2.24) is 0 Å². The van der Waals surface area contributed by atoms with Crippen LogP contribution in [0.4, 0.5) is 0 Å². The normalized spacial score (nSPS) is 17.3. The van der Waals surface area contributed by atoms with Crippen LogP contribution in [0.3, 0.4) is 0 Å². The van der Waals surface area contributed by atoms with Gasteiger partial charge < -0.3 is 18.9 Å². The van der Waals surface area contributed by atoms with Crippen molar-refractivity contribution in [2.45, 2.75) is 110 Å². The Morgan fingerprint density at radius 1 is 0.935 bits per heavy atom. The number of unbranched alkanes of at least 4 members (excludes halogenated alkanes) is 8. The fourth-order valence-electron chi connectivity index (χ4n) is 3.16. The molecular formula is C23H51NO6P+. The molecule has 0 aromatic rings. The van der Waals surface area contributed by atoms with Crippen LogP contribution in [0.25, 0.3) is 0 Å². The third kappa shape index (κ3) is 18.1. The van der Waals surface area contributed by atoms with Gasteiger partial charge in [0.05, 0.1) is 27.2 Å². The standard InChI is InChI=1S/C23H50NO6P/c1-8-10-11-12-13-14-15-16-17-18-22(9-2)29-23(21(3)27-7)30-31(25,26)28-20-19-24(4,5)6/h21-23H,8-20H2,1-7H3/p+1/t21-,22?,23?/m0/s1. The molecule has 0 rings (SSSR count). The number of rotatable bonds is 21. The molecular weight excluding hydrogens is 417 g/mol. The van der Waals surface area contributed by atoms with Crippen molar-refractivity contribution < 1.29 is 32.5 Å². The molecule has 1 N–H and O–H groups in total. The Hall–Kier alpha value is -0.0100. The number of likely N-dealkylation sites (N-methyl/N-ethyl adjacent to an activating group) is 1. The van der Waals surface area contributed by atoms with Crippen LogP contribution in [0, 0.1) is 0 Å². The van der Waals surface area contributed by atoms with Gasteiger partial charge >= 0.3 is 7.82 Å². The van der Waals surface area contributed by atoms with Crippen LogP contribution in [-0.4, -0.2) is 69.3 Å². The van der Waals surface area contributed by atoms with Gasteiger partial charge in [-0.2, -0.15) is 0 Å². The van der Waals surface area contributed by atoms with Crippen LogP contribution in [0.5, 0.6) is 0 Å². The lowest BCUT2D eigenvalue weighted by Crippen LogP contribution is -2.38. The lowest BCUT2D eigenvalue weighted by molar-refractivity contribution is -0.870. The van der Waals surface area contributed by atoms with E-state index in [0.29, 0.717) is 11.0 Å². The van der Waals surface area contributed by atoms with Crippen LogP contribution < -0.4 is 0 Å². The Morgan fingerprint density at radius 3 is 1.97 bits per heavy atom. The number of nitrogens with zero attached hydrogens (tertiary/aromatic N) is 1. The topological polar surface area (TPSA) is 74.2 Å². The molecule has 0 radical (unpaired) electrons. The maximum absolute atomic E-state index is 12.4. The van der Waals surface area contributed by atoms with Gasteiger partial charge in [0.1, 0.15) is 19.3 Å². The highest BCUT2D eigenvalue weighted by Crippen LogP contribution is 2.45. The highest BCUT2D eigenvalue weighted by molar-refractivity contribution is 7.47. The average Bonchev–Trinajstić information content (AvgIpc) is 2.68. The molecule has 0 amide bonds. The molecule has 31 heavy (non-hydrogen) atoms. The van der Waals surface area contributed by atoms with E-state index in [2.05, 4.69) is 13.8 Å². The molecule has 0 bridgehead atoms. The van der Waals surface area contributed by atoms with E-state index in [-0.39, 0.29) is 12.7 Å². The Bertz CT molecular complexity index is 471. The van der Waals surface area contributed by atoms with Gasteiger partial charge in [0, 0.05) is 7.11 Å². The van der Waals surface area contributed by atoms with Gasteiger partial charge in [-0.25, -0.2) is 4.57 Å². The van der Waals surface area contributed by atoms with Crippen molar-refractivity contribution >= 4 is 7.82 Å². The molecule has 0 aromatic heterocycles. The van der Waals surface area contributed by atoms with E-state index in [9.17, 15) is 9.46 Å². The number of hydrogen-bond acceptors (Lipinski definition) is 5. The fraction of sp³-hybridized carbons (Fsp3) is 1.00. The van der Waals surface area contributed by atoms with Crippen molar-refractivity contribution in [2.24, 2.45) is 0 Å². The summed E-state index contributed by atoms with van der Waals surface area (Å²) in [5, 5.41) is 0. The molecule has 0 aliphatic carbocycles. The van der Waals surface area contributed by atoms with Gasteiger partial charge in [-0.05, 0) is 19.8 Å². The van der Waals surface area contributed by atoms with E-state index in [1.165, 1.54) is 58.5 Å². The van der Waals surface area contributed by atoms with Crippen LogP contribution in [0.2, 0.25) is 0 Å². The monoisotopic (exact) mass is 468 g/mol. The second-order valence-electron chi connectivity index (χ2n) is 9.51. The van der Waals surface area contributed by atoms with Crippen molar-refractivity contribution in [3.8, 4) is 0 Å². The third-order valence-corrected chi connectivity index (χ3v) is 6.40. The van der Waals surface area contributed by atoms with Crippen molar-refractivity contribution in [2.75, 3.05) is 41.4 Å². The maximum Gasteiger partial charge on any atom is 0.474 e. The fourth-order valence-corrected chi connectivity index (χ4v) is 4.02. The number of hydrogen-bond donors (Lipinski definition) is 1. The second kappa shape index (κ2) is 17.5. The third-order valence-electron chi connectivity index (χ3n) is 5.42. The first-order chi connectivity index (χ1) is 14.5. The summed E-state index contributed by atoms with van der Waals surface area (Å²) in [7, 11) is 3.27. The SMILES string of the molecule is CCCCCCCCCCCC(CC)OC(OP(=O)(O)OCC[N+](C)(C)C)[C@H](C)OC. The molecule has 0 saturated carbocycles. The molecule has 0 spiro atoms. The van der Waals surface area contributed by atoms with E-state index in [1.807, 2.05) is 21.1 Å². The zero-order chi connectivity index (χ0) is 23.8. The summed E-state index contributed by atoms with van der Waals surface area (Å²) in [5.74, 6) is 0. The molecule has 0 aliphatic rings. The predicted octanol–water partition coefficient (Wildman–Crippen LogP) is 5.90. The molecule has 0 heterocycles. The van der Waals surface area contributed by atoms with Gasteiger partial charge in [-0.1, -0.05) is 71.6 Å². The number of phosphoric acid groups is 1. The largest absolute Gasteiger partial charge is 0.474 e. The lowest BCUT2D eigenvalue weighted by Gasteiger charge is -2.29. The Balaban J connectivity index is 4.41. The number of ether oxygens (including phenoxy) is 2. The molecule has 4 atom stereocenters. The van der Waals surface area contributed by atoms with Crippen molar-refractivity contribution in [3.63, 3.8) is 0 Å². The molecule has 8 heteroatoms. The first-order valence-corrected chi connectivity index (χ1v) is 13.7. The molecule has 3 unspecified atom stereocenters. The Labute approximate surface area is 192 Å². The average molecular weight is 469 g/mol. The zero-order valence-corrected chi connectivity index (χ0v) is 22.2. The van der Waals surface area contributed by atoms with Gasteiger partial charge in [0.15, 0.2) is 6.29 Å².